The molecule has 0 aliphatic rings. The number of hydrogen-bond acceptors (Lipinski definition) is 2. The fourth-order valence-corrected chi connectivity index (χ4v) is 8.59. The van der Waals surface area contributed by atoms with Crippen molar-refractivity contribution in [1.29, 1.82) is 0 Å². The van der Waals surface area contributed by atoms with Gasteiger partial charge in [-0.05, 0) is 91.1 Å². The van der Waals surface area contributed by atoms with Crippen molar-refractivity contribution >= 4 is 71.3 Å². The quantitative estimate of drug-likeness (QED) is 0.160. The molecule has 0 aliphatic carbocycles. The van der Waals surface area contributed by atoms with E-state index in [-0.39, 0.29) is 0 Å². The van der Waals surface area contributed by atoms with Gasteiger partial charge in [0, 0.05) is 22.0 Å². The summed E-state index contributed by atoms with van der Waals surface area (Å²) in [5.41, 5.74) is 12.0. The van der Waals surface area contributed by atoms with Crippen LogP contribution in [0.15, 0.2) is 217 Å². The molecule has 0 atom stereocenters. The van der Waals surface area contributed by atoms with Crippen LogP contribution < -0.4 is 4.90 Å². The fourth-order valence-electron chi connectivity index (χ4n) is 8.59. The van der Waals surface area contributed by atoms with Crippen LogP contribution in [0.2, 0.25) is 0 Å². The summed E-state index contributed by atoms with van der Waals surface area (Å²) < 4.78 is 6.87. The maximum Gasteiger partial charge on any atom is 0.145 e. The molecular weight excluding hydrogens is 679 g/mol. The Balaban J connectivity index is 1.18. The van der Waals surface area contributed by atoms with E-state index < -0.39 is 0 Å². The number of anilines is 3. The van der Waals surface area contributed by atoms with Crippen LogP contribution in [0.1, 0.15) is 0 Å². The van der Waals surface area contributed by atoms with Crippen molar-refractivity contribution in [2.75, 3.05) is 4.90 Å². The molecule has 56 heavy (non-hydrogen) atoms. The number of nitrogens with zero attached hydrogens (tertiary/aromatic N) is 1. The Hall–Kier alpha value is -7.42. The van der Waals surface area contributed by atoms with Gasteiger partial charge in [0.2, 0.25) is 0 Å². The Morgan fingerprint density at radius 2 is 0.875 bits per heavy atom. The summed E-state index contributed by atoms with van der Waals surface area (Å²) in [6, 6.07) is 76.4. The van der Waals surface area contributed by atoms with Crippen LogP contribution in [-0.4, -0.2) is 0 Å². The molecule has 0 aliphatic heterocycles. The molecule has 0 bridgehead atoms. The minimum absolute atomic E-state index is 0.867. The molecule has 0 N–H and O–H groups in total. The van der Waals surface area contributed by atoms with Gasteiger partial charge in [-0.1, -0.05) is 176 Å². The first-order valence-electron chi connectivity index (χ1n) is 19.2. The molecule has 11 aromatic rings. The highest BCUT2D eigenvalue weighted by molar-refractivity contribution is 6.19. The van der Waals surface area contributed by atoms with Crippen LogP contribution in [-0.2, 0) is 0 Å². The maximum atomic E-state index is 6.87. The second kappa shape index (κ2) is 13.2. The largest absolute Gasteiger partial charge is 0.455 e. The highest BCUT2D eigenvalue weighted by Gasteiger charge is 2.24. The topological polar surface area (TPSA) is 16.4 Å². The minimum Gasteiger partial charge on any atom is -0.455 e. The van der Waals surface area contributed by atoms with E-state index in [0.717, 1.165) is 50.1 Å². The van der Waals surface area contributed by atoms with Crippen molar-refractivity contribution in [3.05, 3.63) is 212 Å². The van der Waals surface area contributed by atoms with E-state index in [1.54, 1.807) is 0 Å². The average Bonchev–Trinajstić information content (AvgIpc) is 3.67. The number of fused-ring (bicyclic) bond motifs is 7. The standard InChI is InChI=1S/C54H35NO/c1-3-13-36(14-4-1)37-23-25-40(26-24-37)46-32-34-51(53-49-21-11-12-22-52(49)56-54(46)53)55(42-29-30-45-41(35-42)28-27-39-17-7-8-18-43(39)45)50-33-31-44(38-15-5-2-6-16-38)47-19-9-10-20-48(47)50/h1-35H. The summed E-state index contributed by atoms with van der Waals surface area (Å²) in [5, 5.41) is 9.48. The molecule has 11 rings (SSSR count). The van der Waals surface area contributed by atoms with E-state index in [9.17, 15) is 0 Å². The second-order valence-corrected chi connectivity index (χ2v) is 14.4. The molecule has 10 aromatic carbocycles. The first-order valence-corrected chi connectivity index (χ1v) is 19.2. The predicted octanol–water partition coefficient (Wildman–Crippen LogP) is 15.5. The number of para-hydroxylation sites is 1. The molecule has 1 heterocycles. The van der Waals surface area contributed by atoms with Crippen molar-refractivity contribution in [2.24, 2.45) is 0 Å². The van der Waals surface area contributed by atoms with Crippen LogP contribution >= 0.6 is 0 Å². The summed E-state index contributed by atoms with van der Waals surface area (Å²) >= 11 is 0. The van der Waals surface area contributed by atoms with Gasteiger partial charge in [0.05, 0.1) is 16.8 Å². The van der Waals surface area contributed by atoms with Gasteiger partial charge in [0.15, 0.2) is 0 Å². The van der Waals surface area contributed by atoms with Crippen LogP contribution in [0.5, 0.6) is 0 Å². The van der Waals surface area contributed by atoms with Gasteiger partial charge in [0.1, 0.15) is 11.2 Å². The van der Waals surface area contributed by atoms with Crippen molar-refractivity contribution in [1.82, 2.24) is 0 Å². The van der Waals surface area contributed by atoms with E-state index in [4.69, 9.17) is 4.42 Å². The summed E-state index contributed by atoms with van der Waals surface area (Å²) in [7, 11) is 0. The number of benzene rings is 10. The first-order chi connectivity index (χ1) is 27.8. The van der Waals surface area contributed by atoms with E-state index in [2.05, 4.69) is 217 Å². The molecule has 262 valence electrons. The first kappa shape index (κ1) is 32.0. The third kappa shape index (κ3) is 5.26. The Bertz CT molecular complexity index is 3230. The Kier molecular flexibility index (Phi) is 7.53. The van der Waals surface area contributed by atoms with Crippen LogP contribution in [0.3, 0.4) is 0 Å². The highest BCUT2D eigenvalue weighted by atomic mass is 16.3. The van der Waals surface area contributed by atoms with Gasteiger partial charge in [-0.2, -0.15) is 0 Å². The normalized spacial score (nSPS) is 11.6. The zero-order chi connectivity index (χ0) is 37.0. The van der Waals surface area contributed by atoms with Gasteiger partial charge in [-0.15, -0.1) is 0 Å². The molecule has 0 unspecified atom stereocenters. The molecule has 0 saturated carbocycles. The summed E-state index contributed by atoms with van der Waals surface area (Å²) in [4.78, 5) is 2.44. The summed E-state index contributed by atoms with van der Waals surface area (Å²) in [6.45, 7) is 0. The lowest BCUT2D eigenvalue weighted by molar-refractivity contribution is 0.670. The van der Waals surface area contributed by atoms with Crippen LogP contribution in [0.25, 0.3) is 87.6 Å². The zero-order valence-corrected chi connectivity index (χ0v) is 30.6. The smallest absolute Gasteiger partial charge is 0.145 e. The van der Waals surface area contributed by atoms with Crippen LogP contribution in [0.4, 0.5) is 17.1 Å². The molecule has 0 amide bonds. The zero-order valence-electron chi connectivity index (χ0n) is 30.6. The van der Waals surface area contributed by atoms with Gasteiger partial charge in [-0.25, -0.2) is 0 Å². The third-order valence-electron chi connectivity index (χ3n) is 11.3. The predicted molar refractivity (Wildman–Crippen MR) is 237 cm³/mol. The Labute approximate surface area is 325 Å². The Morgan fingerprint density at radius 3 is 1.68 bits per heavy atom. The molecule has 2 heteroatoms. The van der Waals surface area contributed by atoms with Gasteiger partial charge in [-0.3, -0.25) is 0 Å². The van der Waals surface area contributed by atoms with Crippen molar-refractivity contribution in [2.45, 2.75) is 0 Å². The van der Waals surface area contributed by atoms with Gasteiger partial charge in [0.25, 0.3) is 0 Å². The van der Waals surface area contributed by atoms with E-state index in [1.807, 2.05) is 0 Å². The molecule has 0 spiro atoms. The molecule has 0 saturated heterocycles. The molecule has 0 fully saturated rings. The third-order valence-corrected chi connectivity index (χ3v) is 11.3. The minimum atomic E-state index is 0.867. The molecular formula is C54H35NO. The van der Waals surface area contributed by atoms with Crippen LogP contribution in [0, 0.1) is 0 Å². The molecule has 1 aromatic heterocycles. The van der Waals surface area contributed by atoms with E-state index in [1.165, 1.54) is 54.6 Å². The lowest BCUT2D eigenvalue weighted by Gasteiger charge is -2.29. The maximum absolute atomic E-state index is 6.87. The molecule has 2 nitrogen and oxygen atoms in total. The summed E-state index contributed by atoms with van der Waals surface area (Å²) in [5.74, 6) is 0. The summed E-state index contributed by atoms with van der Waals surface area (Å²) in [6.07, 6.45) is 0. The van der Waals surface area contributed by atoms with E-state index in [0.29, 0.717) is 0 Å². The van der Waals surface area contributed by atoms with Crippen molar-refractivity contribution in [3.63, 3.8) is 0 Å². The van der Waals surface area contributed by atoms with Gasteiger partial charge < -0.3 is 9.32 Å². The SMILES string of the molecule is c1ccc(-c2ccc(-c3ccc(N(c4ccc5c(ccc6ccccc65)c4)c4ccc(-c5ccccc5)c5ccccc45)c4c3oc3ccccc34)cc2)cc1. The average molecular weight is 714 g/mol. The lowest BCUT2D eigenvalue weighted by atomic mass is 9.95. The van der Waals surface area contributed by atoms with Gasteiger partial charge >= 0.3 is 0 Å². The Morgan fingerprint density at radius 1 is 0.321 bits per heavy atom. The molecule has 0 radical (unpaired) electrons. The number of rotatable bonds is 6. The monoisotopic (exact) mass is 713 g/mol. The van der Waals surface area contributed by atoms with E-state index >= 15 is 0 Å². The number of hydrogen-bond donors (Lipinski definition) is 0. The highest BCUT2D eigenvalue weighted by Crippen LogP contribution is 2.49. The van der Waals surface area contributed by atoms with Crippen molar-refractivity contribution < 1.29 is 4.42 Å². The fraction of sp³-hybridized carbons (Fsp3) is 0. The van der Waals surface area contributed by atoms with Crippen molar-refractivity contribution in [3.8, 4) is 33.4 Å². The number of furan rings is 1. The second-order valence-electron chi connectivity index (χ2n) is 14.4. The lowest BCUT2D eigenvalue weighted by Crippen LogP contribution is -2.11.